The molecule has 0 unspecified atom stereocenters. The summed E-state index contributed by atoms with van der Waals surface area (Å²) in [5.41, 5.74) is 2.59. The zero-order chi connectivity index (χ0) is 32.0. The summed E-state index contributed by atoms with van der Waals surface area (Å²) in [5, 5.41) is 0. The predicted molar refractivity (Wildman–Crippen MR) is 193 cm³/mol. The van der Waals surface area contributed by atoms with Crippen LogP contribution in [0, 0.1) is 34.5 Å². The minimum absolute atomic E-state index is 0.0664. The third kappa shape index (κ3) is 10.3. The second-order valence-corrected chi connectivity index (χ2v) is 17.0. The molecule has 0 aromatic rings. The minimum atomic E-state index is 0.0664. The van der Waals surface area contributed by atoms with E-state index in [1.54, 1.807) is 5.57 Å². The molecule has 2 heteroatoms. The van der Waals surface area contributed by atoms with Crippen LogP contribution in [-0.2, 0) is 9.53 Å². The molecule has 3 saturated carbocycles. The van der Waals surface area contributed by atoms with Crippen molar-refractivity contribution in [3.8, 4) is 0 Å². The number of fused-ring (bicyclic) bond motifs is 5. The lowest BCUT2D eigenvalue weighted by molar-refractivity contribution is -0.151. The lowest BCUT2D eigenvalue weighted by Gasteiger charge is -2.58. The Balaban J connectivity index is 1.12. The third-order valence-corrected chi connectivity index (χ3v) is 13.9. The highest BCUT2D eigenvalue weighted by Gasteiger charge is 2.58. The highest BCUT2D eigenvalue weighted by atomic mass is 16.5. The molecule has 260 valence electrons. The van der Waals surface area contributed by atoms with Crippen LogP contribution in [0.4, 0.5) is 0 Å². The van der Waals surface area contributed by atoms with Crippen LogP contribution in [0.3, 0.4) is 0 Å². The smallest absolute Gasteiger partial charge is 0.306 e. The predicted octanol–water partition coefficient (Wildman–Crippen LogP) is 13.7. The molecule has 2 nitrogen and oxygen atoms in total. The van der Waals surface area contributed by atoms with Gasteiger partial charge in [0, 0.05) is 12.8 Å². The molecule has 0 aromatic heterocycles. The topological polar surface area (TPSA) is 26.3 Å². The molecule has 0 aromatic carbocycles. The highest BCUT2D eigenvalue weighted by Crippen LogP contribution is 2.66. The summed E-state index contributed by atoms with van der Waals surface area (Å²) in [6, 6.07) is 0. The van der Waals surface area contributed by atoms with Crippen molar-refractivity contribution in [2.75, 3.05) is 0 Å². The number of rotatable bonds is 22. The molecule has 0 amide bonds. The maximum Gasteiger partial charge on any atom is 0.306 e. The largest absolute Gasteiger partial charge is 0.462 e. The van der Waals surface area contributed by atoms with E-state index in [0.29, 0.717) is 17.3 Å². The zero-order valence-electron chi connectivity index (χ0n) is 30.8. The lowest BCUT2D eigenvalue weighted by atomic mass is 9.47. The molecule has 0 radical (unpaired) electrons. The second kappa shape index (κ2) is 19.3. The molecule has 0 heterocycles. The maximum atomic E-state index is 12.8. The standard InChI is InChI=1S/C43H76O2/c1-5-7-9-11-13-14-15-16-17-18-19-21-23-25-41(44)45-37-30-32-43(4)36(34-37)26-28-38-39-29-27-35(24-22-20-12-10-8-6-2)42(39,3)33-31-40(38)43/h26,35,37-40H,5-25,27-34H2,1-4H3/t35-,37-,38-,39+,40+,42+,43-/m0/s1. The molecular formula is C43H76O2. The molecular weight excluding hydrogens is 548 g/mol. The zero-order valence-corrected chi connectivity index (χ0v) is 30.8. The first-order valence-corrected chi connectivity index (χ1v) is 20.8. The van der Waals surface area contributed by atoms with Gasteiger partial charge in [-0.2, -0.15) is 0 Å². The Morgan fingerprint density at radius 2 is 1.27 bits per heavy atom. The molecule has 0 aliphatic heterocycles. The van der Waals surface area contributed by atoms with E-state index in [9.17, 15) is 4.79 Å². The molecule has 7 atom stereocenters. The van der Waals surface area contributed by atoms with E-state index in [0.717, 1.165) is 42.9 Å². The number of hydrogen-bond acceptors (Lipinski definition) is 2. The summed E-state index contributed by atoms with van der Waals surface area (Å²) >= 11 is 0. The Morgan fingerprint density at radius 1 is 0.689 bits per heavy atom. The Morgan fingerprint density at radius 3 is 1.89 bits per heavy atom. The van der Waals surface area contributed by atoms with E-state index in [-0.39, 0.29) is 12.1 Å². The average Bonchev–Trinajstić information content (AvgIpc) is 3.37. The summed E-state index contributed by atoms with van der Waals surface area (Å²) < 4.78 is 6.12. The first-order valence-electron chi connectivity index (χ1n) is 20.8. The van der Waals surface area contributed by atoms with Gasteiger partial charge < -0.3 is 4.74 Å². The average molecular weight is 625 g/mol. The molecule has 0 N–H and O–H groups in total. The van der Waals surface area contributed by atoms with Crippen molar-refractivity contribution >= 4 is 5.97 Å². The van der Waals surface area contributed by atoms with Crippen LogP contribution in [-0.4, -0.2) is 12.1 Å². The van der Waals surface area contributed by atoms with Crippen molar-refractivity contribution in [2.24, 2.45) is 34.5 Å². The Kier molecular flexibility index (Phi) is 15.9. The number of ether oxygens (including phenoxy) is 1. The van der Waals surface area contributed by atoms with Crippen molar-refractivity contribution in [3.63, 3.8) is 0 Å². The number of allylic oxidation sites excluding steroid dienone is 1. The molecule has 4 aliphatic carbocycles. The number of carbonyl (C=O) groups excluding carboxylic acids is 1. The van der Waals surface area contributed by atoms with Crippen LogP contribution in [0.15, 0.2) is 11.6 Å². The van der Waals surface area contributed by atoms with Gasteiger partial charge in [-0.25, -0.2) is 0 Å². The van der Waals surface area contributed by atoms with Crippen LogP contribution in [0.25, 0.3) is 0 Å². The number of unbranched alkanes of at least 4 members (excludes halogenated alkanes) is 17. The summed E-state index contributed by atoms with van der Waals surface area (Å²) in [5.74, 6) is 3.72. The fraction of sp³-hybridized carbons (Fsp3) is 0.930. The Hall–Kier alpha value is -0.790. The van der Waals surface area contributed by atoms with Crippen LogP contribution in [0.5, 0.6) is 0 Å². The van der Waals surface area contributed by atoms with Crippen molar-refractivity contribution in [2.45, 2.75) is 220 Å². The van der Waals surface area contributed by atoms with Crippen molar-refractivity contribution in [1.82, 2.24) is 0 Å². The van der Waals surface area contributed by atoms with Crippen LogP contribution in [0.1, 0.15) is 214 Å². The van der Waals surface area contributed by atoms with Crippen LogP contribution < -0.4 is 0 Å². The quantitative estimate of drug-likeness (QED) is 0.0680. The van der Waals surface area contributed by atoms with Gasteiger partial charge in [0.1, 0.15) is 6.10 Å². The lowest BCUT2D eigenvalue weighted by Crippen LogP contribution is -2.50. The van der Waals surface area contributed by atoms with Crippen LogP contribution in [0.2, 0.25) is 0 Å². The molecule has 3 fully saturated rings. The molecule has 0 spiro atoms. The van der Waals surface area contributed by atoms with Crippen molar-refractivity contribution in [3.05, 3.63) is 11.6 Å². The summed E-state index contributed by atoms with van der Waals surface area (Å²) in [7, 11) is 0. The van der Waals surface area contributed by atoms with E-state index < -0.39 is 0 Å². The van der Waals surface area contributed by atoms with Crippen molar-refractivity contribution in [1.29, 1.82) is 0 Å². The highest BCUT2D eigenvalue weighted by molar-refractivity contribution is 5.69. The fourth-order valence-corrected chi connectivity index (χ4v) is 11.0. The maximum absolute atomic E-state index is 12.8. The van der Waals surface area contributed by atoms with E-state index in [4.69, 9.17) is 4.74 Å². The minimum Gasteiger partial charge on any atom is -0.462 e. The van der Waals surface area contributed by atoms with Gasteiger partial charge >= 0.3 is 5.97 Å². The van der Waals surface area contributed by atoms with E-state index >= 15 is 0 Å². The van der Waals surface area contributed by atoms with Gasteiger partial charge in [0.25, 0.3) is 0 Å². The Labute approximate surface area is 281 Å². The van der Waals surface area contributed by atoms with Gasteiger partial charge in [0.15, 0.2) is 0 Å². The van der Waals surface area contributed by atoms with Gasteiger partial charge in [-0.3, -0.25) is 4.79 Å². The molecule has 45 heavy (non-hydrogen) atoms. The van der Waals surface area contributed by atoms with E-state index in [1.165, 1.54) is 161 Å². The van der Waals surface area contributed by atoms with Crippen molar-refractivity contribution < 1.29 is 9.53 Å². The first-order chi connectivity index (χ1) is 21.9. The molecule has 0 bridgehead atoms. The number of carbonyl (C=O) groups is 1. The van der Waals surface area contributed by atoms with Gasteiger partial charge in [-0.05, 0) is 92.3 Å². The normalized spacial score (nSPS) is 32.4. The van der Waals surface area contributed by atoms with Gasteiger partial charge in [-0.15, -0.1) is 0 Å². The van der Waals surface area contributed by atoms with E-state index in [2.05, 4.69) is 33.8 Å². The summed E-state index contributed by atoms with van der Waals surface area (Å²) in [6.07, 6.45) is 41.4. The molecule has 0 saturated heterocycles. The summed E-state index contributed by atoms with van der Waals surface area (Å²) in [6.45, 7) is 9.92. The summed E-state index contributed by atoms with van der Waals surface area (Å²) in [4.78, 5) is 12.8. The Bertz CT molecular complexity index is 875. The number of hydrogen-bond donors (Lipinski definition) is 0. The van der Waals surface area contributed by atoms with Gasteiger partial charge in [0.2, 0.25) is 0 Å². The van der Waals surface area contributed by atoms with E-state index in [1.807, 2.05) is 0 Å². The third-order valence-electron chi connectivity index (χ3n) is 13.9. The fourth-order valence-electron chi connectivity index (χ4n) is 11.0. The molecule has 4 rings (SSSR count). The van der Waals surface area contributed by atoms with Crippen LogP contribution >= 0.6 is 0 Å². The van der Waals surface area contributed by atoms with Gasteiger partial charge in [0.05, 0.1) is 0 Å². The SMILES string of the molecule is CCCCCCCCCCCCCCCC(=O)O[C@H]1CC[C@@]2(C)C(=CC[C@H]3[C@H]4CC[C@H](CCCCCCCC)[C@@]4(C)CC[C@H]32)C1. The monoisotopic (exact) mass is 625 g/mol. The van der Waals surface area contributed by atoms with Gasteiger partial charge in [-0.1, -0.05) is 155 Å². The number of esters is 1. The first kappa shape index (κ1) is 37.0. The second-order valence-electron chi connectivity index (χ2n) is 17.0. The molecule has 4 aliphatic rings.